The predicted octanol–water partition coefficient (Wildman–Crippen LogP) is 3.42. The van der Waals surface area contributed by atoms with E-state index >= 15 is 0 Å². The summed E-state index contributed by atoms with van der Waals surface area (Å²) in [6.07, 6.45) is 1.90. The minimum atomic E-state index is 0.0700. The van der Waals surface area contributed by atoms with Crippen molar-refractivity contribution in [3.8, 4) is 0 Å². The zero-order valence-electron chi connectivity index (χ0n) is 11.2. The van der Waals surface area contributed by atoms with E-state index in [4.69, 9.17) is 4.74 Å². The predicted molar refractivity (Wildman–Crippen MR) is 82.3 cm³/mol. The van der Waals surface area contributed by atoms with Gasteiger partial charge in [0.2, 0.25) is 0 Å². The fourth-order valence-electron chi connectivity index (χ4n) is 2.44. The normalized spacial score (nSPS) is 19.9. The van der Waals surface area contributed by atoms with Crippen molar-refractivity contribution in [2.24, 2.45) is 0 Å². The monoisotopic (exact) mass is 332 g/mol. The van der Waals surface area contributed by atoms with E-state index in [0.717, 1.165) is 36.4 Å². The van der Waals surface area contributed by atoms with Crippen LogP contribution in [0.2, 0.25) is 0 Å². The fraction of sp³-hybridized carbons (Fsp3) is 0.312. The standard InChI is InChI=1S/C16H17BrN2O/c17-14-6-7-15(18-10-14)16-12-19(8-9-20-16)11-13-4-2-1-3-5-13/h1-7,10,16H,8-9,11-12H2/t16-/m1/s1. The molecule has 3 nitrogen and oxygen atoms in total. The van der Waals surface area contributed by atoms with Gasteiger partial charge in [-0.1, -0.05) is 30.3 Å². The average Bonchev–Trinajstić information content (AvgIpc) is 2.49. The van der Waals surface area contributed by atoms with Gasteiger partial charge in [-0.2, -0.15) is 0 Å². The molecular formula is C16H17BrN2O. The Morgan fingerprint density at radius 1 is 1.20 bits per heavy atom. The van der Waals surface area contributed by atoms with Crippen LogP contribution in [0.25, 0.3) is 0 Å². The lowest BCUT2D eigenvalue weighted by Gasteiger charge is -2.32. The van der Waals surface area contributed by atoms with E-state index in [1.54, 1.807) is 0 Å². The molecule has 0 unspecified atom stereocenters. The summed E-state index contributed by atoms with van der Waals surface area (Å²) in [4.78, 5) is 6.87. The van der Waals surface area contributed by atoms with Gasteiger partial charge < -0.3 is 4.74 Å². The van der Waals surface area contributed by atoms with Crippen molar-refractivity contribution in [1.29, 1.82) is 0 Å². The van der Waals surface area contributed by atoms with Crippen LogP contribution < -0.4 is 0 Å². The van der Waals surface area contributed by atoms with Crippen molar-refractivity contribution in [3.05, 3.63) is 64.4 Å². The van der Waals surface area contributed by atoms with Gasteiger partial charge in [0.15, 0.2) is 0 Å². The van der Waals surface area contributed by atoms with Gasteiger partial charge in [0.25, 0.3) is 0 Å². The number of halogens is 1. The van der Waals surface area contributed by atoms with E-state index in [1.807, 2.05) is 18.3 Å². The first-order valence-electron chi connectivity index (χ1n) is 6.80. The number of pyridine rings is 1. The number of ether oxygens (including phenoxy) is 1. The van der Waals surface area contributed by atoms with Crippen LogP contribution in [0.15, 0.2) is 53.1 Å². The van der Waals surface area contributed by atoms with Crippen molar-refractivity contribution >= 4 is 15.9 Å². The summed E-state index contributed by atoms with van der Waals surface area (Å²) in [6, 6.07) is 14.6. The first-order valence-corrected chi connectivity index (χ1v) is 7.60. The van der Waals surface area contributed by atoms with Gasteiger partial charge in [-0.05, 0) is 33.6 Å². The Kier molecular flexibility index (Phi) is 4.45. The molecule has 0 amide bonds. The van der Waals surface area contributed by atoms with E-state index in [9.17, 15) is 0 Å². The molecule has 4 heteroatoms. The van der Waals surface area contributed by atoms with Gasteiger partial charge in [0, 0.05) is 30.3 Å². The van der Waals surface area contributed by atoms with Crippen LogP contribution in [0.5, 0.6) is 0 Å². The van der Waals surface area contributed by atoms with Crippen LogP contribution in [0.4, 0.5) is 0 Å². The number of rotatable bonds is 3. The second kappa shape index (κ2) is 6.48. The summed E-state index contributed by atoms with van der Waals surface area (Å²) >= 11 is 3.41. The summed E-state index contributed by atoms with van der Waals surface area (Å²) in [7, 11) is 0. The summed E-state index contributed by atoms with van der Waals surface area (Å²) in [5, 5.41) is 0. The zero-order valence-corrected chi connectivity index (χ0v) is 12.8. The van der Waals surface area contributed by atoms with Crippen molar-refractivity contribution in [2.75, 3.05) is 19.7 Å². The first-order chi connectivity index (χ1) is 9.81. The lowest BCUT2D eigenvalue weighted by atomic mass is 10.1. The lowest BCUT2D eigenvalue weighted by molar-refractivity contribution is -0.0350. The van der Waals surface area contributed by atoms with Gasteiger partial charge >= 0.3 is 0 Å². The van der Waals surface area contributed by atoms with Gasteiger partial charge in [-0.15, -0.1) is 0 Å². The molecule has 1 saturated heterocycles. The summed E-state index contributed by atoms with van der Waals surface area (Å²) in [6.45, 7) is 3.60. The maximum atomic E-state index is 5.85. The van der Waals surface area contributed by atoms with Gasteiger partial charge in [0.05, 0.1) is 12.3 Å². The molecule has 1 aliphatic rings. The molecule has 0 aliphatic carbocycles. The van der Waals surface area contributed by atoms with E-state index < -0.39 is 0 Å². The van der Waals surface area contributed by atoms with Crippen LogP contribution in [0.3, 0.4) is 0 Å². The van der Waals surface area contributed by atoms with E-state index in [0.29, 0.717) is 0 Å². The molecule has 104 valence electrons. The molecule has 2 heterocycles. The van der Waals surface area contributed by atoms with Gasteiger partial charge in [0.1, 0.15) is 6.10 Å². The second-order valence-corrected chi connectivity index (χ2v) is 5.90. The van der Waals surface area contributed by atoms with Crippen LogP contribution in [0, 0.1) is 0 Å². The van der Waals surface area contributed by atoms with Crippen molar-refractivity contribution in [3.63, 3.8) is 0 Å². The highest BCUT2D eigenvalue weighted by atomic mass is 79.9. The molecule has 0 spiro atoms. The molecule has 2 aromatic rings. The lowest BCUT2D eigenvalue weighted by Crippen LogP contribution is -2.38. The minimum Gasteiger partial charge on any atom is -0.369 e. The minimum absolute atomic E-state index is 0.0700. The fourth-order valence-corrected chi connectivity index (χ4v) is 2.68. The molecule has 0 saturated carbocycles. The van der Waals surface area contributed by atoms with Crippen LogP contribution in [-0.4, -0.2) is 29.6 Å². The first kappa shape index (κ1) is 13.7. The highest BCUT2D eigenvalue weighted by Gasteiger charge is 2.22. The molecular weight excluding hydrogens is 316 g/mol. The smallest absolute Gasteiger partial charge is 0.112 e. The van der Waals surface area contributed by atoms with Crippen LogP contribution in [-0.2, 0) is 11.3 Å². The number of aromatic nitrogens is 1. The highest BCUT2D eigenvalue weighted by Crippen LogP contribution is 2.22. The topological polar surface area (TPSA) is 25.4 Å². The Bertz CT molecular complexity index is 544. The molecule has 3 rings (SSSR count). The Labute approximate surface area is 127 Å². The molecule has 0 N–H and O–H groups in total. The third kappa shape index (κ3) is 3.45. The molecule has 20 heavy (non-hydrogen) atoms. The summed E-state index contributed by atoms with van der Waals surface area (Å²) < 4.78 is 6.85. The molecule has 0 bridgehead atoms. The van der Waals surface area contributed by atoms with Crippen molar-refractivity contribution < 1.29 is 4.74 Å². The number of hydrogen-bond donors (Lipinski definition) is 0. The summed E-state index contributed by atoms with van der Waals surface area (Å²) in [5.74, 6) is 0. The summed E-state index contributed by atoms with van der Waals surface area (Å²) in [5.41, 5.74) is 2.35. The van der Waals surface area contributed by atoms with Crippen LogP contribution >= 0.6 is 15.9 Å². The Morgan fingerprint density at radius 3 is 2.80 bits per heavy atom. The van der Waals surface area contributed by atoms with Crippen molar-refractivity contribution in [2.45, 2.75) is 12.6 Å². The third-order valence-corrected chi connectivity index (χ3v) is 3.95. The second-order valence-electron chi connectivity index (χ2n) is 4.98. The quantitative estimate of drug-likeness (QED) is 0.861. The van der Waals surface area contributed by atoms with E-state index in [2.05, 4.69) is 56.1 Å². The number of hydrogen-bond acceptors (Lipinski definition) is 3. The molecule has 1 atom stereocenters. The largest absolute Gasteiger partial charge is 0.369 e. The molecule has 1 aliphatic heterocycles. The number of benzene rings is 1. The maximum Gasteiger partial charge on any atom is 0.112 e. The molecule has 1 aromatic heterocycles. The average molecular weight is 333 g/mol. The van der Waals surface area contributed by atoms with Crippen LogP contribution in [0.1, 0.15) is 17.4 Å². The number of morpholine rings is 1. The highest BCUT2D eigenvalue weighted by molar-refractivity contribution is 9.10. The molecule has 0 radical (unpaired) electrons. The Morgan fingerprint density at radius 2 is 2.05 bits per heavy atom. The third-order valence-electron chi connectivity index (χ3n) is 3.48. The Balaban J connectivity index is 1.66. The SMILES string of the molecule is Brc1ccc([C@H]2CN(Cc3ccccc3)CCO2)nc1. The van der Waals surface area contributed by atoms with Crippen molar-refractivity contribution in [1.82, 2.24) is 9.88 Å². The molecule has 1 fully saturated rings. The zero-order chi connectivity index (χ0) is 13.8. The number of nitrogens with zero attached hydrogens (tertiary/aromatic N) is 2. The maximum absolute atomic E-state index is 5.85. The van der Waals surface area contributed by atoms with E-state index in [1.165, 1.54) is 5.56 Å². The van der Waals surface area contributed by atoms with Gasteiger partial charge in [-0.25, -0.2) is 0 Å². The Hall–Kier alpha value is -1.23. The van der Waals surface area contributed by atoms with E-state index in [-0.39, 0.29) is 6.10 Å². The van der Waals surface area contributed by atoms with Gasteiger partial charge in [-0.3, -0.25) is 9.88 Å². The molecule has 1 aromatic carbocycles.